The summed E-state index contributed by atoms with van der Waals surface area (Å²) in [5, 5.41) is 12.7. The molecular weight excluding hydrogens is 208 g/mol. The third-order valence-electron chi connectivity index (χ3n) is 2.89. The van der Waals surface area contributed by atoms with Gasteiger partial charge in [0.15, 0.2) is 12.4 Å². The maximum atomic E-state index is 10.3. The Morgan fingerprint density at radius 2 is 2.25 bits per heavy atom. The maximum absolute atomic E-state index is 10.3. The number of hydrogen-bond acceptors (Lipinski definition) is 3. The molecule has 0 aliphatic heterocycles. The smallest absolute Gasteiger partial charge is 0.341 e. The van der Waals surface area contributed by atoms with Crippen LogP contribution in [-0.2, 0) is 4.79 Å². The molecule has 2 rings (SSSR count). The van der Waals surface area contributed by atoms with E-state index in [-0.39, 0.29) is 6.61 Å². The van der Waals surface area contributed by atoms with Crippen LogP contribution in [-0.4, -0.2) is 27.5 Å². The van der Waals surface area contributed by atoms with E-state index in [1.165, 1.54) is 19.3 Å². The Hall–Kier alpha value is -1.52. The van der Waals surface area contributed by atoms with E-state index in [2.05, 4.69) is 5.10 Å². The van der Waals surface area contributed by atoms with Crippen LogP contribution in [0.4, 0.5) is 0 Å². The summed E-state index contributed by atoms with van der Waals surface area (Å²) in [6, 6.07) is 0.455. The van der Waals surface area contributed by atoms with Gasteiger partial charge in [-0.3, -0.25) is 4.68 Å². The SMILES string of the molecule is O=C(O)COc1cnn(C2CCCCC2)c1. The van der Waals surface area contributed by atoms with Gasteiger partial charge in [-0.2, -0.15) is 5.10 Å². The first kappa shape index (κ1) is 11.0. The van der Waals surface area contributed by atoms with Gasteiger partial charge in [-0.05, 0) is 12.8 Å². The molecule has 0 spiro atoms. The van der Waals surface area contributed by atoms with E-state index in [1.54, 1.807) is 12.4 Å². The minimum atomic E-state index is -0.967. The second-order valence-corrected chi connectivity index (χ2v) is 4.13. The molecule has 88 valence electrons. The molecule has 0 amide bonds. The largest absolute Gasteiger partial charge is 0.479 e. The van der Waals surface area contributed by atoms with Crippen molar-refractivity contribution in [1.29, 1.82) is 0 Å². The number of hydrogen-bond donors (Lipinski definition) is 1. The molecule has 1 aromatic heterocycles. The van der Waals surface area contributed by atoms with Crippen molar-refractivity contribution in [3.05, 3.63) is 12.4 Å². The Morgan fingerprint density at radius 1 is 1.50 bits per heavy atom. The van der Waals surface area contributed by atoms with Gasteiger partial charge in [-0.25, -0.2) is 4.79 Å². The molecule has 0 saturated heterocycles. The molecule has 0 bridgehead atoms. The quantitative estimate of drug-likeness (QED) is 0.847. The summed E-state index contributed by atoms with van der Waals surface area (Å²) in [6.45, 7) is -0.309. The number of carbonyl (C=O) groups is 1. The van der Waals surface area contributed by atoms with Crippen molar-refractivity contribution in [3.8, 4) is 5.75 Å². The van der Waals surface area contributed by atoms with Gasteiger partial charge in [-0.1, -0.05) is 19.3 Å². The summed E-state index contributed by atoms with van der Waals surface area (Å²) < 4.78 is 6.96. The van der Waals surface area contributed by atoms with E-state index in [0.29, 0.717) is 11.8 Å². The fraction of sp³-hybridized carbons (Fsp3) is 0.636. The lowest BCUT2D eigenvalue weighted by Crippen LogP contribution is -2.13. The molecule has 0 atom stereocenters. The second-order valence-electron chi connectivity index (χ2n) is 4.13. The van der Waals surface area contributed by atoms with Crippen LogP contribution >= 0.6 is 0 Å². The van der Waals surface area contributed by atoms with Crippen LogP contribution in [0.3, 0.4) is 0 Å². The second kappa shape index (κ2) is 5.01. The number of ether oxygens (including phenoxy) is 1. The van der Waals surface area contributed by atoms with Crippen molar-refractivity contribution < 1.29 is 14.6 Å². The first-order chi connectivity index (χ1) is 7.75. The Kier molecular flexibility index (Phi) is 3.44. The highest BCUT2D eigenvalue weighted by molar-refractivity contribution is 5.68. The number of carboxylic acids is 1. The molecule has 0 unspecified atom stereocenters. The van der Waals surface area contributed by atoms with E-state index >= 15 is 0 Å². The molecule has 1 aliphatic carbocycles. The average molecular weight is 224 g/mol. The summed E-state index contributed by atoms with van der Waals surface area (Å²) in [5.74, 6) is -0.432. The zero-order chi connectivity index (χ0) is 11.4. The van der Waals surface area contributed by atoms with E-state index < -0.39 is 5.97 Å². The Balaban J connectivity index is 1.93. The fourth-order valence-electron chi connectivity index (χ4n) is 2.09. The van der Waals surface area contributed by atoms with Crippen LogP contribution in [0, 0.1) is 0 Å². The molecule has 1 saturated carbocycles. The zero-order valence-corrected chi connectivity index (χ0v) is 9.13. The molecule has 5 nitrogen and oxygen atoms in total. The Labute approximate surface area is 94.0 Å². The standard InChI is InChI=1S/C11H16N2O3/c14-11(15)8-16-10-6-12-13(7-10)9-4-2-1-3-5-9/h6-7,9H,1-5,8H2,(H,14,15). The van der Waals surface area contributed by atoms with Crippen LogP contribution < -0.4 is 4.74 Å². The molecule has 16 heavy (non-hydrogen) atoms. The lowest BCUT2D eigenvalue weighted by Gasteiger charge is -2.21. The normalized spacial score (nSPS) is 17.2. The van der Waals surface area contributed by atoms with Gasteiger partial charge in [0, 0.05) is 0 Å². The maximum Gasteiger partial charge on any atom is 0.341 e. The van der Waals surface area contributed by atoms with E-state index in [9.17, 15) is 4.79 Å². The van der Waals surface area contributed by atoms with Gasteiger partial charge in [0.2, 0.25) is 0 Å². The lowest BCUT2D eigenvalue weighted by molar-refractivity contribution is -0.139. The van der Waals surface area contributed by atoms with Crippen molar-refractivity contribution in [1.82, 2.24) is 9.78 Å². The topological polar surface area (TPSA) is 64.3 Å². The van der Waals surface area contributed by atoms with Crippen LogP contribution in [0.2, 0.25) is 0 Å². The van der Waals surface area contributed by atoms with Gasteiger partial charge in [0.25, 0.3) is 0 Å². The third kappa shape index (κ3) is 2.74. The molecule has 1 heterocycles. The van der Waals surface area contributed by atoms with E-state index in [4.69, 9.17) is 9.84 Å². The Morgan fingerprint density at radius 3 is 2.94 bits per heavy atom. The van der Waals surface area contributed by atoms with Crippen molar-refractivity contribution in [2.45, 2.75) is 38.1 Å². The highest BCUT2D eigenvalue weighted by Gasteiger charge is 2.16. The molecular formula is C11H16N2O3. The van der Waals surface area contributed by atoms with E-state index in [1.807, 2.05) is 4.68 Å². The molecule has 0 radical (unpaired) electrons. The minimum Gasteiger partial charge on any atom is -0.479 e. The number of nitrogens with zero attached hydrogens (tertiary/aromatic N) is 2. The van der Waals surface area contributed by atoms with Crippen LogP contribution in [0.15, 0.2) is 12.4 Å². The Bertz CT molecular complexity index is 356. The summed E-state index contributed by atoms with van der Waals surface area (Å²) >= 11 is 0. The van der Waals surface area contributed by atoms with Gasteiger partial charge >= 0.3 is 5.97 Å². The molecule has 1 N–H and O–H groups in total. The first-order valence-corrected chi connectivity index (χ1v) is 5.64. The summed E-state index contributed by atoms with van der Waals surface area (Å²) in [4.78, 5) is 10.3. The van der Waals surface area contributed by atoms with Crippen molar-refractivity contribution in [2.75, 3.05) is 6.61 Å². The molecule has 5 heteroatoms. The third-order valence-corrected chi connectivity index (χ3v) is 2.89. The number of aliphatic carboxylic acids is 1. The number of carboxylic acid groups (broad SMARTS) is 1. The van der Waals surface area contributed by atoms with Gasteiger partial charge in [0.05, 0.1) is 18.4 Å². The highest BCUT2D eigenvalue weighted by atomic mass is 16.5. The molecule has 1 fully saturated rings. The minimum absolute atomic E-state index is 0.309. The number of aromatic nitrogens is 2. The van der Waals surface area contributed by atoms with Crippen LogP contribution in [0.5, 0.6) is 5.75 Å². The monoisotopic (exact) mass is 224 g/mol. The fourth-order valence-corrected chi connectivity index (χ4v) is 2.09. The highest BCUT2D eigenvalue weighted by Crippen LogP contribution is 2.28. The predicted molar refractivity (Wildman–Crippen MR) is 57.5 cm³/mol. The molecule has 1 aromatic rings. The van der Waals surface area contributed by atoms with Gasteiger partial charge < -0.3 is 9.84 Å². The zero-order valence-electron chi connectivity index (χ0n) is 9.13. The predicted octanol–water partition coefficient (Wildman–Crippen LogP) is 1.85. The average Bonchev–Trinajstić information content (AvgIpc) is 2.76. The van der Waals surface area contributed by atoms with Crippen LogP contribution in [0.1, 0.15) is 38.1 Å². The lowest BCUT2D eigenvalue weighted by atomic mass is 9.96. The molecule has 0 aromatic carbocycles. The summed E-state index contributed by atoms with van der Waals surface area (Å²) in [7, 11) is 0. The van der Waals surface area contributed by atoms with Crippen molar-refractivity contribution in [2.24, 2.45) is 0 Å². The van der Waals surface area contributed by atoms with Gasteiger partial charge in [-0.15, -0.1) is 0 Å². The van der Waals surface area contributed by atoms with Crippen LogP contribution in [0.25, 0.3) is 0 Å². The van der Waals surface area contributed by atoms with Crippen molar-refractivity contribution in [3.63, 3.8) is 0 Å². The number of rotatable bonds is 4. The van der Waals surface area contributed by atoms with E-state index in [0.717, 1.165) is 12.8 Å². The summed E-state index contributed by atoms with van der Waals surface area (Å²) in [5.41, 5.74) is 0. The first-order valence-electron chi connectivity index (χ1n) is 5.64. The van der Waals surface area contributed by atoms with Gasteiger partial charge in [0.1, 0.15) is 0 Å². The molecule has 1 aliphatic rings. The van der Waals surface area contributed by atoms with Crippen molar-refractivity contribution >= 4 is 5.97 Å². The summed E-state index contributed by atoms with van der Waals surface area (Å²) in [6.07, 6.45) is 9.47.